The smallest absolute Gasteiger partial charge is 0.368 e. The van der Waals surface area contributed by atoms with Gasteiger partial charge in [0.25, 0.3) is 0 Å². The number of rotatable bonds is 3. The zero-order chi connectivity index (χ0) is 20.6. The molecule has 0 spiro atoms. The minimum absolute atomic E-state index is 0.123. The Bertz CT molecular complexity index is 771. The van der Waals surface area contributed by atoms with E-state index in [1.165, 1.54) is 12.1 Å². The molecular weight excluding hydrogens is 375 g/mol. The first kappa shape index (κ1) is 20.2. The number of halogens is 3. The van der Waals surface area contributed by atoms with Crippen molar-refractivity contribution in [1.29, 1.82) is 0 Å². The molecular formula is C19H22F3N3O3. The fourth-order valence-electron chi connectivity index (χ4n) is 3.64. The molecule has 2 fully saturated rings. The molecule has 0 N–H and O–H groups in total. The Morgan fingerprint density at radius 1 is 1.07 bits per heavy atom. The van der Waals surface area contributed by atoms with Crippen LogP contribution < -0.4 is 4.90 Å². The Labute approximate surface area is 160 Å². The van der Waals surface area contributed by atoms with Crippen LogP contribution in [0.4, 0.5) is 18.9 Å². The SMILES string of the molecule is CC1CC(=O)N(C(C)C(=O)N2CCN(c3ccc(C(F)(F)F)cc3)CC2)C1=O. The predicted octanol–water partition coefficient (Wildman–Crippen LogP) is 2.14. The summed E-state index contributed by atoms with van der Waals surface area (Å²) in [5, 5.41) is 0. The molecule has 2 aliphatic rings. The molecule has 2 saturated heterocycles. The van der Waals surface area contributed by atoms with E-state index in [-0.39, 0.29) is 24.1 Å². The number of amides is 3. The summed E-state index contributed by atoms with van der Waals surface area (Å²) < 4.78 is 38.0. The van der Waals surface area contributed by atoms with Crippen LogP contribution in [0.1, 0.15) is 25.8 Å². The number of alkyl halides is 3. The van der Waals surface area contributed by atoms with Crippen molar-refractivity contribution in [1.82, 2.24) is 9.80 Å². The van der Waals surface area contributed by atoms with E-state index in [2.05, 4.69) is 0 Å². The van der Waals surface area contributed by atoms with Gasteiger partial charge in [-0.1, -0.05) is 6.92 Å². The Morgan fingerprint density at radius 3 is 2.11 bits per heavy atom. The second-order valence-electron chi connectivity index (χ2n) is 7.24. The van der Waals surface area contributed by atoms with Gasteiger partial charge in [-0.25, -0.2) is 0 Å². The van der Waals surface area contributed by atoms with Gasteiger partial charge < -0.3 is 9.80 Å². The summed E-state index contributed by atoms with van der Waals surface area (Å²) in [6.45, 7) is 4.88. The first-order chi connectivity index (χ1) is 13.1. The quantitative estimate of drug-likeness (QED) is 0.734. The van der Waals surface area contributed by atoms with E-state index in [9.17, 15) is 27.6 Å². The van der Waals surface area contributed by atoms with Crippen molar-refractivity contribution in [3.05, 3.63) is 29.8 Å². The Kier molecular flexibility index (Phi) is 5.36. The van der Waals surface area contributed by atoms with Crippen molar-refractivity contribution >= 4 is 23.4 Å². The average Bonchev–Trinajstić information content (AvgIpc) is 2.92. The van der Waals surface area contributed by atoms with Gasteiger partial charge in [-0.2, -0.15) is 13.2 Å². The van der Waals surface area contributed by atoms with Crippen LogP contribution in [0, 0.1) is 5.92 Å². The van der Waals surface area contributed by atoms with Gasteiger partial charge in [0.05, 0.1) is 5.56 Å². The summed E-state index contributed by atoms with van der Waals surface area (Å²) in [7, 11) is 0. The number of hydrogen-bond donors (Lipinski definition) is 0. The Hall–Kier alpha value is -2.58. The molecule has 28 heavy (non-hydrogen) atoms. The topological polar surface area (TPSA) is 60.9 Å². The van der Waals surface area contributed by atoms with Crippen LogP contribution in [0.25, 0.3) is 0 Å². The molecule has 3 amide bonds. The number of imide groups is 1. The molecule has 6 nitrogen and oxygen atoms in total. The molecule has 2 atom stereocenters. The fraction of sp³-hybridized carbons (Fsp3) is 0.526. The normalized spacial score (nSPS) is 22.0. The van der Waals surface area contributed by atoms with Gasteiger partial charge in [0, 0.05) is 44.2 Å². The third kappa shape index (κ3) is 3.83. The Balaban J connectivity index is 1.60. The van der Waals surface area contributed by atoms with Gasteiger partial charge in [-0.15, -0.1) is 0 Å². The monoisotopic (exact) mass is 397 g/mol. The molecule has 2 unspecified atom stereocenters. The molecule has 0 radical (unpaired) electrons. The van der Waals surface area contributed by atoms with Crippen molar-refractivity contribution < 1.29 is 27.6 Å². The summed E-state index contributed by atoms with van der Waals surface area (Å²) >= 11 is 0. The van der Waals surface area contributed by atoms with Crippen molar-refractivity contribution in [2.45, 2.75) is 32.5 Å². The van der Waals surface area contributed by atoms with Crippen LogP contribution >= 0.6 is 0 Å². The number of carbonyl (C=O) groups excluding carboxylic acids is 3. The first-order valence-electron chi connectivity index (χ1n) is 9.16. The van der Waals surface area contributed by atoms with Crippen molar-refractivity contribution in [2.75, 3.05) is 31.1 Å². The maximum Gasteiger partial charge on any atom is 0.416 e. The number of nitrogens with zero attached hydrogens (tertiary/aromatic N) is 3. The molecule has 1 aromatic carbocycles. The maximum atomic E-state index is 12.7. The van der Waals surface area contributed by atoms with Gasteiger partial charge >= 0.3 is 6.18 Å². The van der Waals surface area contributed by atoms with Crippen LogP contribution in [0.5, 0.6) is 0 Å². The fourth-order valence-corrected chi connectivity index (χ4v) is 3.64. The molecule has 3 rings (SSSR count). The largest absolute Gasteiger partial charge is 0.416 e. The molecule has 2 aliphatic heterocycles. The van der Waals surface area contributed by atoms with Gasteiger partial charge in [-0.05, 0) is 31.2 Å². The van der Waals surface area contributed by atoms with E-state index in [0.29, 0.717) is 31.9 Å². The third-order valence-corrected chi connectivity index (χ3v) is 5.30. The highest BCUT2D eigenvalue weighted by Crippen LogP contribution is 2.31. The minimum Gasteiger partial charge on any atom is -0.368 e. The van der Waals surface area contributed by atoms with Crippen molar-refractivity contribution in [3.8, 4) is 0 Å². The molecule has 152 valence electrons. The van der Waals surface area contributed by atoms with Crippen LogP contribution in [0.3, 0.4) is 0 Å². The second-order valence-corrected chi connectivity index (χ2v) is 7.24. The maximum absolute atomic E-state index is 12.7. The lowest BCUT2D eigenvalue weighted by Gasteiger charge is -2.38. The number of anilines is 1. The van der Waals surface area contributed by atoms with E-state index in [4.69, 9.17) is 0 Å². The van der Waals surface area contributed by atoms with E-state index < -0.39 is 23.7 Å². The van der Waals surface area contributed by atoms with Gasteiger partial charge in [-0.3, -0.25) is 19.3 Å². The van der Waals surface area contributed by atoms with Crippen LogP contribution in [-0.2, 0) is 20.6 Å². The molecule has 9 heteroatoms. The summed E-state index contributed by atoms with van der Waals surface area (Å²) in [5.41, 5.74) is -0.0417. The summed E-state index contributed by atoms with van der Waals surface area (Å²) in [4.78, 5) is 41.4. The number of likely N-dealkylation sites (tertiary alicyclic amines) is 1. The van der Waals surface area contributed by atoms with E-state index in [1.54, 1.807) is 18.7 Å². The van der Waals surface area contributed by atoms with E-state index >= 15 is 0 Å². The van der Waals surface area contributed by atoms with Crippen molar-refractivity contribution in [3.63, 3.8) is 0 Å². The van der Waals surface area contributed by atoms with Crippen LogP contribution in [-0.4, -0.2) is 59.7 Å². The molecule has 0 aliphatic carbocycles. The van der Waals surface area contributed by atoms with Crippen molar-refractivity contribution in [2.24, 2.45) is 5.92 Å². The van der Waals surface area contributed by atoms with Gasteiger partial charge in [0.15, 0.2) is 0 Å². The summed E-state index contributed by atoms with van der Waals surface area (Å²) in [6, 6.07) is 4.08. The molecule has 1 aromatic rings. The highest BCUT2D eigenvalue weighted by Gasteiger charge is 2.42. The highest BCUT2D eigenvalue weighted by molar-refractivity contribution is 6.06. The van der Waals surface area contributed by atoms with Crippen LogP contribution in [0.15, 0.2) is 24.3 Å². The molecule has 0 saturated carbocycles. The number of carbonyl (C=O) groups is 3. The first-order valence-corrected chi connectivity index (χ1v) is 9.16. The standard InChI is InChI=1S/C19H22F3N3O3/c1-12-11-16(26)25(17(12)27)13(2)18(28)24-9-7-23(8-10-24)15-5-3-14(4-6-15)19(20,21)22/h3-6,12-13H,7-11H2,1-2H3. The average molecular weight is 397 g/mol. The lowest BCUT2D eigenvalue weighted by Crippen LogP contribution is -2.55. The number of hydrogen-bond acceptors (Lipinski definition) is 4. The summed E-state index contributed by atoms with van der Waals surface area (Å²) in [6.07, 6.45) is -4.25. The zero-order valence-corrected chi connectivity index (χ0v) is 15.7. The Morgan fingerprint density at radius 2 is 1.64 bits per heavy atom. The second kappa shape index (κ2) is 7.44. The third-order valence-electron chi connectivity index (χ3n) is 5.30. The van der Waals surface area contributed by atoms with Gasteiger partial charge in [0.1, 0.15) is 6.04 Å². The van der Waals surface area contributed by atoms with Crippen LogP contribution in [0.2, 0.25) is 0 Å². The van der Waals surface area contributed by atoms with E-state index in [0.717, 1.165) is 17.0 Å². The minimum atomic E-state index is -4.37. The summed E-state index contributed by atoms with van der Waals surface area (Å²) in [5.74, 6) is -1.35. The highest BCUT2D eigenvalue weighted by atomic mass is 19.4. The lowest BCUT2D eigenvalue weighted by molar-refractivity contribution is -0.150. The molecule has 0 bridgehead atoms. The molecule has 2 heterocycles. The van der Waals surface area contributed by atoms with E-state index in [1.807, 2.05) is 4.90 Å². The zero-order valence-electron chi connectivity index (χ0n) is 15.7. The predicted molar refractivity (Wildman–Crippen MR) is 95.3 cm³/mol. The van der Waals surface area contributed by atoms with Gasteiger partial charge in [0.2, 0.25) is 17.7 Å². The number of benzene rings is 1. The number of piperazine rings is 1. The molecule has 0 aromatic heterocycles. The lowest BCUT2D eigenvalue weighted by atomic mass is 10.1.